The van der Waals surface area contributed by atoms with Crippen LogP contribution in [0.3, 0.4) is 0 Å². The number of fused-ring (bicyclic) bond motifs is 2. The Morgan fingerprint density at radius 3 is 2.31 bits per heavy atom. The number of aliphatic hydroxyl groups is 6. The Bertz CT molecular complexity index is 2100. The number of anilines is 1. The van der Waals surface area contributed by atoms with Crippen molar-refractivity contribution in [1.29, 1.82) is 0 Å². The minimum atomic E-state index is -1.77. The van der Waals surface area contributed by atoms with E-state index >= 15 is 0 Å². The highest BCUT2D eigenvalue weighted by Gasteiger charge is 2.56. The number of piperazine rings is 1. The Hall–Kier alpha value is -4.32. The fraction of sp³-hybridized carbons (Fsp3) is 0.450. The van der Waals surface area contributed by atoms with Crippen molar-refractivity contribution in [3.8, 4) is 5.88 Å². The van der Waals surface area contributed by atoms with Crippen LogP contribution in [0.2, 0.25) is 0 Å². The number of carbonyl (C=O) groups excluding carboxylic acids is 1. The molecule has 0 bridgehead atoms. The van der Waals surface area contributed by atoms with Gasteiger partial charge in [0.1, 0.15) is 48.8 Å². The van der Waals surface area contributed by atoms with E-state index in [1.54, 1.807) is 42.5 Å². The van der Waals surface area contributed by atoms with E-state index in [1.807, 2.05) is 30.3 Å². The summed E-state index contributed by atoms with van der Waals surface area (Å²) in [5.74, 6) is -0.234. The molecular weight excluding hydrogens is 769 g/mol. The van der Waals surface area contributed by atoms with Gasteiger partial charge in [0.2, 0.25) is 5.91 Å². The summed E-state index contributed by atoms with van der Waals surface area (Å²) in [7, 11) is 0.974. The summed E-state index contributed by atoms with van der Waals surface area (Å²) in [5, 5.41) is 76.8. The quantitative estimate of drug-likeness (QED) is 0.0624. The number of ether oxygens (including phenoxy) is 3. The molecule has 0 saturated carbocycles. The SMILES string of the molecule is CN1CCN(CC(=O)Nc2ccc(N=C(c3ccccc3)c3c(O)[nH]c4cc(B5O[C@H]6[C@@H](O[C@H]7[C@H](O)[C@@H](O)[C@H](O)O[C@@H]7CO)O[C@H](CO)[C@@H](O)[C@@H]6O5)ccc34)cc2)CC1. The maximum atomic E-state index is 12.8. The van der Waals surface area contributed by atoms with Crippen LogP contribution in [0.1, 0.15) is 11.1 Å². The summed E-state index contributed by atoms with van der Waals surface area (Å²) in [6.45, 7) is 2.53. The van der Waals surface area contributed by atoms with Crippen LogP contribution in [0.4, 0.5) is 11.4 Å². The molecule has 8 rings (SSSR count). The van der Waals surface area contributed by atoms with Crippen LogP contribution in [-0.4, -0.2) is 184 Å². The second-order valence-corrected chi connectivity index (χ2v) is 15.2. The summed E-state index contributed by atoms with van der Waals surface area (Å²) in [6.07, 6.45) is -14.0. The first-order chi connectivity index (χ1) is 28.5. The summed E-state index contributed by atoms with van der Waals surface area (Å²) >= 11 is 0. The zero-order valence-electron chi connectivity index (χ0n) is 32.2. The van der Waals surface area contributed by atoms with E-state index in [0.717, 1.165) is 31.7 Å². The molecule has 4 aliphatic heterocycles. The molecule has 0 aliphatic carbocycles. The lowest BCUT2D eigenvalue weighted by Gasteiger charge is -2.45. The molecule has 10 atom stereocenters. The Labute approximate surface area is 339 Å². The van der Waals surface area contributed by atoms with Crippen LogP contribution in [0, 0.1) is 0 Å². The number of aromatic nitrogens is 1. The fourth-order valence-corrected chi connectivity index (χ4v) is 7.92. The molecule has 19 heteroatoms. The Morgan fingerprint density at radius 1 is 0.881 bits per heavy atom. The van der Waals surface area contributed by atoms with E-state index in [9.17, 15) is 40.5 Å². The molecule has 4 saturated heterocycles. The molecule has 9 N–H and O–H groups in total. The van der Waals surface area contributed by atoms with Crippen molar-refractivity contribution in [3.05, 3.63) is 83.9 Å². The topological polar surface area (TPSA) is 251 Å². The van der Waals surface area contributed by atoms with Gasteiger partial charge in [-0.2, -0.15) is 0 Å². The highest BCUT2D eigenvalue weighted by Crippen LogP contribution is 2.36. The molecule has 4 aliphatic rings. The molecule has 5 heterocycles. The first-order valence-corrected chi connectivity index (χ1v) is 19.5. The number of aromatic amines is 1. The molecule has 4 aromatic rings. The van der Waals surface area contributed by atoms with E-state index in [0.29, 0.717) is 45.6 Å². The molecule has 18 nitrogen and oxygen atoms in total. The number of carbonyl (C=O) groups is 1. The third kappa shape index (κ3) is 8.66. The van der Waals surface area contributed by atoms with Crippen molar-refractivity contribution in [3.63, 3.8) is 0 Å². The Morgan fingerprint density at radius 2 is 1.59 bits per heavy atom. The predicted molar refractivity (Wildman–Crippen MR) is 212 cm³/mol. The molecule has 0 radical (unpaired) electrons. The number of nitrogens with zero attached hydrogens (tertiary/aromatic N) is 3. The van der Waals surface area contributed by atoms with E-state index in [-0.39, 0.29) is 11.8 Å². The number of benzene rings is 3. The number of aliphatic imine (C=N–C) groups is 1. The molecule has 59 heavy (non-hydrogen) atoms. The molecular formula is C40H48BN5O13. The van der Waals surface area contributed by atoms with Gasteiger partial charge in [-0.1, -0.05) is 42.5 Å². The zero-order chi connectivity index (χ0) is 41.4. The van der Waals surface area contributed by atoms with Crippen molar-refractivity contribution in [2.75, 3.05) is 58.3 Å². The van der Waals surface area contributed by atoms with Gasteiger partial charge in [0, 0.05) is 48.3 Å². The van der Waals surface area contributed by atoms with E-state index < -0.39 is 81.7 Å². The monoisotopic (exact) mass is 817 g/mol. The highest BCUT2D eigenvalue weighted by atomic mass is 16.8. The normalized spacial score (nSPS) is 30.8. The van der Waals surface area contributed by atoms with E-state index in [2.05, 4.69) is 27.1 Å². The van der Waals surface area contributed by atoms with Crippen LogP contribution < -0.4 is 10.8 Å². The summed E-state index contributed by atoms with van der Waals surface area (Å²) in [4.78, 5) is 25.1. The maximum absolute atomic E-state index is 12.8. The average molecular weight is 818 g/mol. The smallest absolute Gasteiger partial charge is 0.494 e. The summed E-state index contributed by atoms with van der Waals surface area (Å²) < 4.78 is 29.4. The molecule has 0 unspecified atom stereocenters. The number of aliphatic hydroxyl groups excluding tert-OH is 6. The van der Waals surface area contributed by atoms with Crippen LogP contribution in [0.15, 0.2) is 77.8 Å². The van der Waals surface area contributed by atoms with Gasteiger partial charge < -0.3 is 74.5 Å². The second kappa shape index (κ2) is 17.7. The lowest BCUT2D eigenvalue weighted by Crippen LogP contribution is -2.63. The summed E-state index contributed by atoms with van der Waals surface area (Å²) in [6, 6.07) is 21.8. The van der Waals surface area contributed by atoms with Crippen molar-refractivity contribution >= 4 is 46.5 Å². The Kier molecular flexibility index (Phi) is 12.4. The van der Waals surface area contributed by atoms with Gasteiger partial charge in [0.15, 0.2) is 18.5 Å². The minimum Gasteiger partial charge on any atom is -0.494 e. The van der Waals surface area contributed by atoms with Gasteiger partial charge in [0.05, 0.1) is 36.7 Å². The molecule has 314 valence electrons. The lowest BCUT2D eigenvalue weighted by molar-refractivity contribution is -0.345. The molecule has 3 aromatic carbocycles. The third-order valence-electron chi connectivity index (χ3n) is 11.2. The number of aromatic hydroxyl groups is 1. The standard InChI is InChI=1S/C40H48BN5O13/c1-45-13-15-46(16-14-45)18-29(49)42-23-8-10-24(11-9-23)43-31(21-5-3-2-4-6-21)30-25-12-7-22(17-26(25)44-38(30)53)41-58-36-32(50)27(19-47)56-40(37(36)59-41)57-35-28(20-48)55-39(54)34(52)33(35)51/h2-12,17,27-28,32-37,39-40,44,47-48,50-54H,13-16,18-20H2,1H3,(H,42,49)/t27-,28-,32-,33-,34-,35-,36+,37-,39-,40-/m1/s1. The van der Waals surface area contributed by atoms with Crippen molar-refractivity contribution < 1.29 is 64.1 Å². The van der Waals surface area contributed by atoms with Gasteiger partial charge in [-0.05, 0) is 42.8 Å². The van der Waals surface area contributed by atoms with Gasteiger partial charge in [-0.15, -0.1) is 0 Å². The van der Waals surface area contributed by atoms with Gasteiger partial charge in [-0.3, -0.25) is 9.69 Å². The fourth-order valence-electron chi connectivity index (χ4n) is 7.92. The number of nitrogens with one attached hydrogen (secondary N) is 2. The van der Waals surface area contributed by atoms with Crippen LogP contribution in [-0.2, 0) is 28.3 Å². The lowest BCUT2D eigenvalue weighted by atomic mass is 9.79. The van der Waals surface area contributed by atoms with E-state index in [4.69, 9.17) is 28.5 Å². The van der Waals surface area contributed by atoms with Crippen LogP contribution in [0.25, 0.3) is 10.9 Å². The largest absolute Gasteiger partial charge is 0.494 e. The minimum absolute atomic E-state index is 0.0918. The van der Waals surface area contributed by atoms with E-state index in [1.165, 1.54) is 0 Å². The summed E-state index contributed by atoms with van der Waals surface area (Å²) in [5.41, 5.74) is 3.88. The van der Waals surface area contributed by atoms with Crippen molar-refractivity contribution in [2.24, 2.45) is 4.99 Å². The van der Waals surface area contributed by atoms with Gasteiger partial charge in [0.25, 0.3) is 0 Å². The molecule has 1 aromatic heterocycles. The predicted octanol–water partition coefficient (Wildman–Crippen LogP) is -1.40. The maximum Gasteiger partial charge on any atom is 0.494 e. The number of H-pyrrole nitrogens is 1. The average Bonchev–Trinajstić information content (AvgIpc) is 3.84. The molecule has 1 amide bonds. The number of amides is 1. The molecule has 4 fully saturated rings. The van der Waals surface area contributed by atoms with Gasteiger partial charge in [-0.25, -0.2) is 4.99 Å². The number of likely N-dealkylation sites (N-methyl/N-ethyl adjacent to an activating group) is 1. The first kappa shape index (κ1) is 41.4. The second-order valence-electron chi connectivity index (χ2n) is 15.2. The molecule has 0 spiro atoms. The van der Waals surface area contributed by atoms with Crippen molar-refractivity contribution in [2.45, 2.75) is 61.4 Å². The van der Waals surface area contributed by atoms with Gasteiger partial charge >= 0.3 is 7.12 Å². The third-order valence-corrected chi connectivity index (χ3v) is 11.2. The number of rotatable bonds is 11. The van der Waals surface area contributed by atoms with Crippen molar-refractivity contribution in [1.82, 2.24) is 14.8 Å². The zero-order valence-corrected chi connectivity index (χ0v) is 32.2. The highest BCUT2D eigenvalue weighted by molar-refractivity contribution is 6.62. The van der Waals surface area contributed by atoms with Crippen LogP contribution in [0.5, 0.6) is 5.88 Å². The Balaban J connectivity index is 1.03. The van der Waals surface area contributed by atoms with Crippen LogP contribution >= 0.6 is 0 Å². The number of hydrogen-bond acceptors (Lipinski definition) is 16. The number of hydrogen-bond donors (Lipinski definition) is 9. The first-order valence-electron chi connectivity index (χ1n) is 19.5.